The molecule has 0 spiro atoms. The van der Waals surface area contributed by atoms with Crippen LogP contribution >= 0.6 is 46.3 Å². The van der Waals surface area contributed by atoms with Gasteiger partial charge in [-0.05, 0) is 92.9 Å². The number of allylic oxidation sites excluding steroid dienone is 4. The fourth-order valence-electron chi connectivity index (χ4n) is 6.19. The topological polar surface area (TPSA) is 10.4 Å². The summed E-state index contributed by atoms with van der Waals surface area (Å²) in [4.78, 5) is 6.04. The number of hydrogen-bond acceptors (Lipinski definition) is 4. The van der Waals surface area contributed by atoms with Gasteiger partial charge in [-0.25, -0.2) is 0 Å². The summed E-state index contributed by atoms with van der Waals surface area (Å²) in [7, 11) is 0. The van der Waals surface area contributed by atoms with Gasteiger partial charge in [-0.15, -0.1) is 0 Å². The van der Waals surface area contributed by atoms with Gasteiger partial charge in [0.25, 0.3) is 5.01 Å². The molecule has 0 atom stereocenters. The van der Waals surface area contributed by atoms with E-state index in [9.17, 15) is 0 Å². The molecule has 2 aliphatic rings. The lowest BCUT2D eigenvalue weighted by Gasteiger charge is -2.28. The van der Waals surface area contributed by atoms with Crippen LogP contribution < -0.4 is 14.4 Å². The Labute approximate surface area is 277 Å². The van der Waals surface area contributed by atoms with Crippen LogP contribution in [-0.4, -0.2) is 6.54 Å². The van der Waals surface area contributed by atoms with Crippen LogP contribution in [0.2, 0.25) is 10.0 Å². The fraction of sp³-hybridized carbons (Fsp3) is 0.162. The maximum Gasteiger partial charge on any atom is 0.268 e. The molecule has 1 aromatic heterocycles. The number of aromatic nitrogens is 1. The van der Waals surface area contributed by atoms with Crippen molar-refractivity contribution in [3.05, 3.63) is 141 Å². The number of thiazole rings is 1. The van der Waals surface area contributed by atoms with E-state index in [1.54, 1.807) is 0 Å². The summed E-state index contributed by atoms with van der Waals surface area (Å²) < 4.78 is 3.68. The van der Waals surface area contributed by atoms with Crippen molar-refractivity contribution < 1.29 is 4.57 Å². The second-order valence-corrected chi connectivity index (χ2v) is 13.7. The zero-order chi connectivity index (χ0) is 30.2. The maximum absolute atomic E-state index is 6.49. The molecule has 220 valence electrons. The summed E-state index contributed by atoms with van der Waals surface area (Å²) in [6.07, 6.45) is 6.56. The maximum atomic E-state index is 6.49. The number of halogens is 2. The van der Waals surface area contributed by atoms with E-state index in [2.05, 4.69) is 125 Å². The Morgan fingerprint density at radius 2 is 1.50 bits per heavy atom. The summed E-state index contributed by atoms with van der Waals surface area (Å²) in [5.41, 5.74) is 8.60. The lowest BCUT2D eigenvalue weighted by molar-refractivity contribution is -0.665. The third-order valence-corrected chi connectivity index (χ3v) is 11.0. The minimum Gasteiger partial charge on any atom is -0.335 e. The average Bonchev–Trinajstić information content (AvgIpc) is 3.73. The summed E-state index contributed by atoms with van der Waals surface area (Å²) in [6, 6.07) is 33.9. The number of aryl methyl sites for hydroxylation is 1. The highest BCUT2D eigenvalue weighted by atomic mass is 35.5. The Bertz CT molecular complexity index is 1900. The van der Waals surface area contributed by atoms with E-state index in [4.69, 9.17) is 23.2 Å². The Hall–Kier alpha value is -3.48. The molecule has 0 fully saturated rings. The van der Waals surface area contributed by atoms with Crippen molar-refractivity contribution in [2.24, 2.45) is 0 Å². The van der Waals surface area contributed by atoms with Gasteiger partial charge in [-0.1, -0.05) is 88.8 Å². The van der Waals surface area contributed by atoms with Crippen molar-refractivity contribution in [1.29, 1.82) is 0 Å². The first-order chi connectivity index (χ1) is 21.6. The smallest absolute Gasteiger partial charge is 0.268 e. The van der Waals surface area contributed by atoms with E-state index >= 15 is 0 Å². The van der Waals surface area contributed by atoms with E-state index in [1.807, 2.05) is 35.2 Å². The molecule has 0 N–H and O–H groups in total. The summed E-state index contributed by atoms with van der Waals surface area (Å²) in [5.74, 6) is 0. The molecule has 7 rings (SSSR count). The second kappa shape index (κ2) is 12.5. The van der Waals surface area contributed by atoms with Gasteiger partial charge in [0.05, 0.1) is 22.0 Å². The quantitative estimate of drug-likeness (QED) is 0.162. The first-order valence-corrected chi connectivity index (χ1v) is 17.4. The highest BCUT2D eigenvalue weighted by molar-refractivity contribution is 8.03. The Balaban J connectivity index is 1.44. The van der Waals surface area contributed by atoms with Crippen LogP contribution in [0.3, 0.4) is 0 Å². The van der Waals surface area contributed by atoms with Gasteiger partial charge >= 0.3 is 0 Å². The predicted molar refractivity (Wildman–Crippen MR) is 190 cm³/mol. The molecule has 0 saturated heterocycles. The third-order valence-electron chi connectivity index (χ3n) is 8.16. The number of benzene rings is 4. The van der Waals surface area contributed by atoms with Crippen molar-refractivity contribution in [3.8, 4) is 0 Å². The van der Waals surface area contributed by atoms with E-state index in [1.165, 1.54) is 47.7 Å². The monoisotopic (exact) mass is 652 g/mol. The van der Waals surface area contributed by atoms with Crippen LogP contribution in [0.5, 0.6) is 0 Å². The molecule has 0 bridgehead atoms. The summed E-state index contributed by atoms with van der Waals surface area (Å²) in [6.45, 7) is 6.17. The highest BCUT2D eigenvalue weighted by Crippen LogP contribution is 2.49. The first kappa shape index (κ1) is 29.2. The Kier molecular flexibility index (Phi) is 8.30. The molecule has 0 saturated carbocycles. The normalized spacial score (nSPS) is 16.5. The molecule has 7 heteroatoms. The number of thioether (sulfide) groups is 1. The molecule has 0 amide bonds. The van der Waals surface area contributed by atoms with Crippen molar-refractivity contribution >= 4 is 79.2 Å². The zero-order valence-corrected chi connectivity index (χ0v) is 27.8. The predicted octanol–water partition coefficient (Wildman–Crippen LogP) is 11.3. The van der Waals surface area contributed by atoms with Gasteiger partial charge in [0.1, 0.15) is 11.2 Å². The lowest BCUT2D eigenvalue weighted by atomic mass is 10.1. The molecular weight excluding hydrogens is 621 g/mol. The number of hydrogen-bond donors (Lipinski definition) is 0. The standard InChI is InChI=1S/C37H32Cl2N3S2/c1-3-40-31-23-26(38)17-20-33(31)43-35(40)22-16-25-15-19-30(37-41(4-2)32-24-27(39)18-21-34(32)44-37)36(25)42(28-11-7-5-8-12-28)29-13-9-6-10-14-29/h5-14,16-18,20-24H,3-4,15,19H2,1-2H3/q+1. The number of para-hydroxylation sites is 2. The molecule has 0 unspecified atom stereocenters. The molecule has 4 aromatic carbocycles. The number of anilines is 3. The molecule has 44 heavy (non-hydrogen) atoms. The number of rotatable bonds is 7. The lowest BCUT2D eigenvalue weighted by Crippen LogP contribution is -2.35. The molecule has 0 radical (unpaired) electrons. The molecule has 1 aliphatic heterocycles. The van der Waals surface area contributed by atoms with Gasteiger partial charge < -0.3 is 9.80 Å². The van der Waals surface area contributed by atoms with Gasteiger partial charge in [0, 0.05) is 38.9 Å². The van der Waals surface area contributed by atoms with Gasteiger partial charge in [0.2, 0.25) is 5.52 Å². The van der Waals surface area contributed by atoms with Crippen molar-refractivity contribution in [3.63, 3.8) is 0 Å². The minimum absolute atomic E-state index is 0.767. The molecular formula is C37H32Cl2N3S2+. The van der Waals surface area contributed by atoms with Gasteiger partial charge in [-0.3, -0.25) is 0 Å². The van der Waals surface area contributed by atoms with Crippen molar-refractivity contribution in [2.75, 3.05) is 16.3 Å². The summed E-state index contributed by atoms with van der Waals surface area (Å²) >= 11 is 16.6. The van der Waals surface area contributed by atoms with E-state index in [0.29, 0.717) is 0 Å². The molecule has 5 aromatic rings. The van der Waals surface area contributed by atoms with Crippen LogP contribution in [0, 0.1) is 0 Å². The van der Waals surface area contributed by atoms with E-state index < -0.39 is 0 Å². The van der Waals surface area contributed by atoms with E-state index in [0.717, 1.165) is 47.4 Å². The van der Waals surface area contributed by atoms with Gasteiger partial charge in [-0.2, -0.15) is 4.57 Å². The van der Waals surface area contributed by atoms with Crippen molar-refractivity contribution in [1.82, 2.24) is 0 Å². The van der Waals surface area contributed by atoms with E-state index in [-0.39, 0.29) is 0 Å². The van der Waals surface area contributed by atoms with Crippen LogP contribution in [-0.2, 0) is 6.54 Å². The minimum atomic E-state index is 0.767. The van der Waals surface area contributed by atoms with Crippen LogP contribution in [0.4, 0.5) is 17.1 Å². The zero-order valence-electron chi connectivity index (χ0n) is 24.6. The van der Waals surface area contributed by atoms with Crippen LogP contribution in [0.1, 0.15) is 31.7 Å². The fourth-order valence-corrected chi connectivity index (χ4v) is 8.91. The van der Waals surface area contributed by atoms with Crippen LogP contribution in [0.25, 0.3) is 15.8 Å². The molecule has 2 heterocycles. The second-order valence-electron chi connectivity index (χ2n) is 10.8. The highest BCUT2D eigenvalue weighted by Gasteiger charge is 2.34. The average molecular weight is 654 g/mol. The third kappa shape index (κ3) is 5.37. The SMILES string of the molecule is CCN1/C(=C/C=C2\CCC(c3sc4ccc(Cl)cc4[n+]3CC)=C2N(c2ccccc2)c2ccccc2)Sc2ccc(Cl)cc21. The number of nitrogens with zero attached hydrogens (tertiary/aromatic N) is 3. The Morgan fingerprint density at radius 3 is 2.18 bits per heavy atom. The first-order valence-electron chi connectivity index (χ1n) is 15.0. The molecule has 1 aliphatic carbocycles. The van der Waals surface area contributed by atoms with Crippen molar-refractivity contribution in [2.45, 2.75) is 38.1 Å². The number of fused-ring (bicyclic) bond motifs is 2. The summed E-state index contributed by atoms with van der Waals surface area (Å²) in [5, 5.41) is 4.04. The van der Waals surface area contributed by atoms with Gasteiger partial charge in [0.15, 0.2) is 0 Å². The largest absolute Gasteiger partial charge is 0.335 e. The van der Waals surface area contributed by atoms with Crippen LogP contribution in [0.15, 0.2) is 130 Å². The molecule has 3 nitrogen and oxygen atoms in total. The Morgan fingerprint density at radius 1 is 0.818 bits per heavy atom.